The van der Waals surface area contributed by atoms with Gasteiger partial charge in [-0.3, -0.25) is 0 Å². The topological polar surface area (TPSA) is 20.2 Å². The fourth-order valence-corrected chi connectivity index (χ4v) is 1.95. The van der Waals surface area contributed by atoms with Gasteiger partial charge < -0.3 is 5.11 Å². The molecule has 0 aliphatic heterocycles. The second-order valence-corrected chi connectivity index (χ2v) is 4.61. The molecule has 1 rings (SSSR count). The Hall–Kier alpha value is -0.530. The molecule has 0 saturated carbocycles. The van der Waals surface area contributed by atoms with Crippen LogP contribution in [0.15, 0.2) is 18.2 Å². The van der Waals surface area contributed by atoms with Crippen molar-refractivity contribution in [3.63, 3.8) is 0 Å². The molecule has 0 unspecified atom stereocenters. The number of benzene rings is 1. The molecule has 0 aromatic heterocycles. The summed E-state index contributed by atoms with van der Waals surface area (Å²) < 4.78 is 0. The predicted octanol–water partition coefficient (Wildman–Crippen LogP) is 3.74. The molecule has 1 aromatic carbocycles. The number of hydrogen-bond acceptors (Lipinski definition) is 1. The Balaban J connectivity index is 2.89. The average molecular weight is 227 g/mol. The molecule has 0 aliphatic carbocycles. The number of rotatable bonds is 4. The van der Waals surface area contributed by atoms with Gasteiger partial charge in [-0.15, -0.1) is 0 Å². The normalized spacial score (nSPS) is 11.8. The van der Waals surface area contributed by atoms with Gasteiger partial charge >= 0.3 is 0 Å². The lowest BCUT2D eigenvalue weighted by Gasteiger charge is -2.25. The van der Waals surface area contributed by atoms with E-state index in [1.54, 1.807) is 0 Å². The van der Waals surface area contributed by atoms with E-state index in [4.69, 9.17) is 11.6 Å². The van der Waals surface area contributed by atoms with E-state index in [1.807, 2.05) is 39.0 Å². The van der Waals surface area contributed by atoms with Crippen LogP contribution in [0.4, 0.5) is 0 Å². The molecule has 0 atom stereocenters. The summed E-state index contributed by atoms with van der Waals surface area (Å²) in [6.45, 7) is 6.03. The van der Waals surface area contributed by atoms with E-state index in [-0.39, 0.29) is 0 Å². The minimum atomic E-state index is -0.612. The Morgan fingerprint density at radius 2 is 1.87 bits per heavy atom. The lowest BCUT2D eigenvalue weighted by molar-refractivity contribution is 0.0327. The Labute approximate surface area is 97.1 Å². The molecule has 84 valence electrons. The minimum Gasteiger partial charge on any atom is -0.390 e. The Bertz CT molecular complexity index is 329. The summed E-state index contributed by atoms with van der Waals surface area (Å²) in [6.07, 6.45) is 2.15. The molecule has 1 nitrogen and oxygen atoms in total. The van der Waals surface area contributed by atoms with Crippen LogP contribution in [0.1, 0.15) is 37.8 Å². The third-order valence-corrected chi connectivity index (χ3v) is 3.40. The molecular formula is C13H19ClO. The Kier molecular flexibility index (Phi) is 4.18. The molecular weight excluding hydrogens is 208 g/mol. The summed E-state index contributed by atoms with van der Waals surface area (Å²) >= 11 is 6.14. The van der Waals surface area contributed by atoms with Gasteiger partial charge in [0.15, 0.2) is 0 Å². The third kappa shape index (κ3) is 3.22. The van der Waals surface area contributed by atoms with Crippen molar-refractivity contribution in [3.05, 3.63) is 34.3 Å². The fourth-order valence-electron chi connectivity index (χ4n) is 1.65. The van der Waals surface area contributed by atoms with Crippen LogP contribution < -0.4 is 0 Å². The number of aryl methyl sites for hydroxylation is 1. The zero-order valence-electron chi connectivity index (χ0n) is 9.68. The predicted molar refractivity (Wildman–Crippen MR) is 65.4 cm³/mol. The molecule has 0 spiro atoms. The van der Waals surface area contributed by atoms with Crippen molar-refractivity contribution in [2.45, 2.75) is 45.6 Å². The van der Waals surface area contributed by atoms with Crippen LogP contribution in [-0.4, -0.2) is 10.7 Å². The van der Waals surface area contributed by atoms with Crippen molar-refractivity contribution in [2.24, 2.45) is 0 Å². The van der Waals surface area contributed by atoms with Crippen molar-refractivity contribution in [1.29, 1.82) is 0 Å². The summed E-state index contributed by atoms with van der Waals surface area (Å²) in [5, 5.41) is 11.0. The first-order valence-electron chi connectivity index (χ1n) is 5.48. The highest BCUT2D eigenvalue weighted by molar-refractivity contribution is 6.31. The minimum absolute atomic E-state index is 0.612. The quantitative estimate of drug-likeness (QED) is 0.829. The van der Waals surface area contributed by atoms with Gasteiger partial charge in [0.2, 0.25) is 0 Å². The third-order valence-electron chi connectivity index (χ3n) is 3.04. The summed E-state index contributed by atoms with van der Waals surface area (Å²) in [4.78, 5) is 0. The first-order chi connectivity index (χ1) is 7.00. The van der Waals surface area contributed by atoms with Crippen LogP contribution in [0.2, 0.25) is 5.02 Å². The van der Waals surface area contributed by atoms with Crippen LogP contribution in [-0.2, 0) is 6.42 Å². The van der Waals surface area contributed by atoms with Gasteiger partial charge in [0, 0.05) is 11.4 Å². The summed E-state index contributed by atoms with van der Waals surface area (Å²) in [5.41, 5.74) is 1.58. The van der Waals surface area contributed by atoms with E-state index in [9.17, 15) is 5.11 Å². The zero-order valence-corrected chi connectivity index (χ0v) is 10.4. The molecule has 1 aromatic rings. The van der Waals surface area contributed by atoms with Crippen molar-refractivity contribution < 1.29 is 5.11 Å². The van der Waals surface area contributed by atoms with Crippen LogP contribution >= 0.6 is 11.6 Å². The molecule has 0 heterocycles. The molecule has 1 N–H and O–H groups in total. The highest BCUT2D eigenvalue weighted by atomic mass is 35.5. The van der Waals surface area contributed by atoms with Gasteiger partial charge in [0.1, 0.15) is 0 Å². The molecule has 15 heavy (non-hydrogen) atoms. The molecule has 0 amide bonds. The maximum absolute atomic E-state index is 10.2. The molecule has 0 fully saturated rings. The number of halogens is 1. The van der Waals surface area contributed by atoms with Crippen molar-refractivity contribution in [3.8, 4) is 0 Å². The van der Waals surface area contributed by atoms with E-state index >= 15 is 0 Å². The fraction of sp³-hybridized carbons (Fsp3) is 0.538. The second kappa shape index (κ2) is 5.00. The van der Waals surface area contributed by atoms with Crippen LogP contribution in [0.5, 0.6) is 0 Å². The zero-order chi connectivity index (χ0) is 11.5. The Morgan fingerprint density at radius 3 is 2.33 bits per heavy atom. The van der Waals surface area contributed by atoms with E-state index in [0.29, 0.717) is 6.42 Å². The van der Waals surface area contributed by atoms with Gasteiger partial charge in [-0.1, -0.05) is 37.6 Å². The molecule has 0 aliphatic rings. The van der Waals surface area contributed by atoms with Crippen molar-refractivity contribution in [2.75, 3.05) is 0 Å². The molecule has 2 heteroatoms. The Morgan fingerprint density at radius 1 is 1.27 bits per heavy atom. The summed E-state index contributed by atoms with van der Waals surface area (Å²) in [7, 11) is 0. The van der Waals surface area contributed by atoms with E-state index in [1.165, 1.54) is 0 Å². The first kappa shape index (κ1) is 12.5. The highest BCUT2D eigenvalue weighted by Gasteiger charge is 2.23. The number of hydrogen-bond donors (Lipinski definition) is 1. The largest absolute Gasteiger partial charge is 0.390 e. The standard InChI is InChI=1S/C13H19ClO/c1-4-13(15,5-2)9-11-7-6-10(3)8-12(11)14/h6-8,15H,4-5,9H2,1-3H3. The lowest BCUT2D eigenvalue weighted by Crippen LogP contribution is -2.29. The molecule has 0 radical (unpaired) electrons. The van der Waals surface area contributed by atoms with Crippen molar-refractivity contribution in [1.82, 2.24) is 0 Å². The van der Waals surface area contributed by atoms with E-state index < -0.39 is 5.60 Å². The first-order valence-corrected chi connectivity index (χ1v) is 5.86. The summed E-state index contributed by atoms with van der Waals surface area (Å²) in [6, 6.07) is 5.99. The summed E-state index contributed by atoms with van der Waals surface area (Å²) in [5.74, 6) is 0. The van der Waals surface area contributed by atoms with Gasteiger partial charge in [0.25, 0.3) is 0 Å². The van der Waals surface area contributed by atoms with Crippen LogP contribution in [0, 0.1) is 6.92 Å². The number of aliphatic hydroxyl groups is 1. The highest BCUT2D eigenvalue weighted by Crippen LogP contribution is 2.26. The van der Waals surface area contributed by atoms with Gasteiger partial charge in [0.05, 0.1) is 5.60 Å². The van der Waals surface area contributed by atoms with Gasteiger partial charge in [-0.2, -0.15) is 0 Å². The molecule has 0 bridgehead atoms. The van der Waals surface area contributed by atoms with Gasteiger partial charge in [-0.05, 0) is 37.0 Å². The lowest BCUT2D eigenvalue weighted by atomic mass is 9.89. The van der Waals surface area contributed by atoms with E-state index in [2.05, 4.69) is 0 Å². The maximum Gasteiger partial charge on any atom is 0.0683 e. The SMILES string of the molecule is CCC(O)(CC)Cc1ccc(C)cc1Cl. The smallest absolute Gasteiger partial charge is 0.0683 e. The monoisotopic (exact) mass is 226 g/mol. The second-order valence-electron chi connectivity index (χ2n) is 4.20. The van der Waals surface area contributed by atoms with Crippen LogP contribution in [0.3, 0.4) is 0 Å². The average Bonchev–Trinajstić information content (AvgIpc) is 2.22. The van der Waals surface area contributed by atoms with E-state index in [0.717, 1.165) is 29.0 Å². The maximum atomic E-state index is 10.2. The van der Waals surface area contributed by atoms with Gasteiger partial charge in [-0.25, -0.2) is 0 Å². The molecule has 0 saturated heterocycles. The van der Waals surface area contributed by atoms with Crippen LogP contribution in [0.25, 0.3) is 0 Å². The van der Waals surface area contributed by atoms with Crippen molar-refractivity contribution >= 4 is 11.6 Å².